The molecule has 2 atom stereocenters. The fourth-order valence-corrected chi connectivity index (χ4v) is 2.70. The van der Waals surface area contributed by atoms with Crippen molar-refractivity contribution in [1.29, 1.82) is 0 Å². The minimum absolute atomic E-state index is 0.125. The van der Waals surface area contributed by atoms with Crippen LogP contribution in [0.5, 0.6) is 0 Å². The summed E-state index contributed by atoms with van der Waals surface area (Å²) < 4.78 is 28.2. The Morgan fingerprint density at radius 2 is 1.84 bits per heavy atom. The molecule has 1 aromatic rings. The largest absolute Gasteiger partial charge is 0.367 e. The second-order valence-corrected chi connectivity index (χ2v) is 5.64. The van der Waals surface area contributed by atoms with Crippen molar-refractivity contribution in [1.82, 2.24) is 0 Å². The number of benzene rings is 1. The van der Waals surface area contributed by atoms with E-state index in [1.807, 2.05) is 4.90 Å². The van der Waals surface area contributed by atoms with Gasteiger partial charge in [0.05, 0.1) is 0 Å². The van der Waals surface area contributed by atoms with Crippen LogP contribution in [-0.2, 0) is 6.42 Å². The van der Waals surface area contributed by atoms with Gasteiger partial charge >= 0.3 is 0 Å². The van der Waals surface area contributed by atoms with Gasteiger partial charge in [0, 0.05) is 13.1 Å². The Balaban J connectivity index is 2.25. The molecule has 2 nitrogen and oxygen atoms in total. The molecule has 0 saturated carbocycles. The molecule has 1 aliphatic rings. The van der Waals surface area contributed by atoms with Crippen molar-refractivity contribution in [3.05, 3.63) is 29.3 Å². The molecule has 0 spiro atoms. The number of nitrogens with zero attached hydrogens (tertiary/aromatic N) is 1. The van der Waals surface area contributed by atoms with Crippen molar-refractivity contribution in [2.45, 2.75) is 26.7 Å². The fourth-order valence-electron chi connectivity index (χ4n) is 2.70. The van der Waals surface area contributed by atoms with Crippen LogP contribution in [0.4, 0.5) is 14.5 Å². The van der Waals surface area contributed by atoms with E-state index in [1.54, 1.807) is 0 Å². The normalized spacial score (nSPS) is 23.7. The standard InChI is InChI=1S/C15H22F2N2/c1-10-4-6-19(9-11(10)2)15-13(16)7-12(3-5-18)8-14(15)17/h7-8,10-11H,3-6,9,18H2,1-2H3. The van der Waals surface area contributed by atoms with E-state index in [0.717, 1.165) is 13.0 Å². The summed E-state index contributed by atoms with van der Waals surface area (Å²) >= 11 is 0. The summed E-state index contributed by atoms with van der Waals surface area (Å²) in [5, 5.41) is 0. The van der Waals surface area contributed by atoms with Gasteiger partial charge in [-0.3, -0.25) is 0 Å². The van der Waals surface area contributed by atoms with E-state index in [4.69, 9.17) is 5.73 Å². The summed E-state index contributed by atoms with van der Waals surface area (Å²) in [6.07, 6.45) is 1.48. The zero-order valence-corrected chi connectivity index (χ0v) is 11.6. The maximum atomic E-state index is 14.1. The molecule has 1 heterocycles. The fraction of sp³-hybridized carbons (Fsp3) is 0.600. The summed E-state index contributed by atoms with van der Waals surface area (Å²) in [6.45, 7) is 6.16. The average molecular weight is 268 g/mol. The first kappa shape index (κ1) is 14.3. The molecular weight excluding hydrogens is 246 g/mol. The zero-order chi connectivity index (χ0) is 14.0. The maximum absolute atomic E-state index is 14.1. The van der Waals surface area contributed by atoms with Crippen LogP contribution < -0.4 is 10.6 Å². The minimum atomic E-state index is -0.467. The van der Waals surface area contributed by atoms with Gasteiger partial charge in [0.2, 0.25) is 0 Å². The van der Waals surface area contributed by atoms with Gasteiger partial charge in [0.25, 0.3) is 0 Å². The summed E-state index contributed by atoms with van der Waals surface area (Å²) in [7, 11) is 0. The van der Waals surface area contributed by atoms with E-state index in [2.05, 4.69) is 13.8 Å². The van der Waals surface area contributed by atoms with Gasteiger partial charge in [-0.05, 0) is 48.9 Å². The first-order valence-electron chi connectivity index (χ1n) is 6.96. The lowest BCUT2D eigenvalue weighted by Crippen LogP contribution is -2.39. The number of rotatable bonds is 3. The molecule has 1 fully saturated rings. The zero-order valence-electron chi connectivity index (χ0n) is 11.6. The van der Waals surface area contributed by atoms with Crippen molar-refractivity contribution in [3.63, 3.8) is 0 Å². The topological polar surface area (TPSA) is 29.3 Å². The summed E-state index contributed by atoms with van der Waals surface area (Å²) in [6, 6.07) is 2.82. The van der Waals surface area contributed by atoms with Gasteiger partial charge in [0.1, 0.15) is 17.3 Å². The summed E-state index contributed by atoms with van der Waals surface area (Å²) in [5.41, 5.74) is 6.17. The Hall–Kier alpha value is -1.16. The number of halogens is 2. The van der Waals surface area contributed by atoms with Gasteiger partial charge in [-0.1, -0.05) is 13.8 Å². The summed E-state index contributed by atoms with van der Waals surface area (Å²) in [5.74, 6) is 0.130. The van der Waals surface area contributed by atoms with Crippen LogP contribution in [0.1, 0.15) is 25.8 Å². The van der Waals surface area contributed by atoms with Crippen molar-refractivity contribution in [3.8, 4) is 0 Å². The third-order valence-electron chi connectivity index (χ3n) is 4.16. The molecule has 1 saturated heterocycles. The van der Waals surface area contributed by atoms with Crippen LogP contribution in [0.25, 0.3) is 0 Å². The van der Waals surface area contributed by atoms with Crippen LogP contribution in [0.15, 0.2) is 12.1 Å². The van der Waals surface area contributed by atoms with E-state index >= 15 is 0 Å². The van der Waals surface area contributed by atoms with E-state index in [9.17, 15) is 8.78 Å². The maximum Gasteiger partial charge on any atom is 0.149 e. The molecule has 4 heteroatoms. The summed E-state index contributed by atoms with van der Waals surface area (Å²) in [4.78, 5) is 1.83. The molecule has 2 N–H and O–H groups in total. The number of hydrogen-bond donors (Lipinski definition) is 1. The van der Waals surface area contributed by atoms with E-state index in [0.29, 0.717) is 36.9 Å². The van der Waals surface area contributed by atoms with Crippen LogP contribution in [0, 0.1) is 23.5 Å². The van der Waals surface area contributed by atoms with E-state index in [-0.39, 0.29) is 5.69 Å². The van der Waals surface area contributed by atoms with E-state index in [1.165, 1.54) is 12.1 Å². The molecule has 0 radical (unpaired) electrons. The molecule has 1 aromatic carbocycles. The van der Waals surface area contributed by atoms with Gasteiger partial charge in [-0.2, -0.15) is 0 Å². The first-order chi connectivity index (χ1) is 9.02. The van der Waals surface area contributed by atoms with Crippen LogP contribution in [-0.4, -0.2) is 19.6 Å². The third-order valence-corrected chi connectivity index (χ3v) is 4.16. The molecule has 19 heavy (non-hydrogen) atoms. The Labute approximate surface area is 113 Å². The first-order valence-corrected chi connectivity index (χ1v) is 6.96. The third kappa shape index (κ3) is 3.06. The number of nitrogens with two attached hydrogens (primary N) is 1. The Kier molecular flexibility index (Phi) is 4.40. The smallest absolute Gasteiger partial charge is 0.149 e. The molecule has 106 valence electrons. The second-order valence-electron chi connectivity index (χ2n) is 5.64. The molecule has 0 amide bonds. The molecule has 1 aliphatic heterocycles. The van der Waals surface area contributed by atoms with Crippen molar-refractivity contribution in [2.75, 3.05) is 24.5 Å². The monoisotopic (exact) mass is 268 g/mol. The number of piperidine rings is 1. The highest BCUT2D eigenvalue weighted by Gasteiger charge is 2.26. The Morgan fingerprint density at radius 3 is 2.37 bits per heavy atom. The minimum Gasteiger partial charge on any atom is -0.367 e. The lowest BCUT2D eigenvalue weighted by molar-refractivity contribution is 0.320. The number of hydrogen-bond acceptors (Lipinski definition) is 2. The molecular formula is C15H22F2N2. The Morgan fingerprint density at radius 1 is 1.21 bits per heavy atom. The SMILES string of the molecule is CC1CCN(c2c(F)cc(CCN)cc2F)CC1C. The molecule has 2 unspecified atom stereocenters. The lowest BCUT2D eigenvalue weighted by atomic mass is 9.88. The van der Waals surface area contributed by atoms with Gasteiger partial charge in [-0.25, -0.2) is 8.78 Å². The van der Waals surface area contributed by atoms with Gasteiger partial charge < -0.3 is 10.6 Å². The number of anilines is 1. The quantitative estimate of drug-likeness (QED) is 0.913. The van der Waals surface area contributed by atoms with Crippen molar-refractivity contribution in [2.24, 2.45) is 17.6 Å². The lowest BCUT2D eigenvalue weighted by Gasteiger charge is -2.37. The molecule has 0 bridgehead atoms. The predicted molar refractivity (Wildman–Crippen MR) is 74.3 cm³/mol. The molecule has 0 aromatic heterocycles. The predicted octanol–water partition coefficient (Wildman–Crippen LogP) is 2.95. The van der Waals surface area contributed by atoms with Crippen molar-refractivity contribution < 1.29 is 8.78 Å². The molecule has 0 aliphatic carbocycles. The van der Waals surface area contributed by atoms with E-state index < -0.39 is 11.6 Å². The average Bonchev–Trinajstić information content (AvgIpc) is 2.33. The van der Waals surface area contributed by atoms with Gasteiger partial charge in [0.15, 0.2) is 0 Å². The second kappa shape index (κ2) is 5.87. The highest BCUT2D eigenvalue weighted by molar-refractivity contribution is 5.51. The van der Waals surface area contributed by atoms with Crippen LogP contribution in [0.3, 0.4) is 0 Å². The highest BCUT2D eigenvalue weighted by atomic mass is 19.1. The van der Waals surface area contributed by atoms with Gasteiger partial charge in [-0.15, -0.1) is 0 Å². The van der Waals surface area contributed by atoms with Crippen LogP contribution >= 0.6 is 0 Å². The Bertz CT molecular complexity index is 425. The molecule has 2 rings (SSSR count). The highest BCUT2D eigenvalue weighted by Crippen LogP contribution is 2.31. The van der Waals surface area contributed by atoms with Crippen LogP contribution in [0.2, 0.25) is 0 Å². The van der Waals surface area contributed by atoms with Crippen molar-refractivity contribution >= 4 is 5.69 Å².